The van der Waals surface area contributed by atoms with Crippen LogP contribution in [-0.2, 0) is 0 Å². The number of para-hydroxylation sites is 2. The molecule has 0 saturated carbocycles. The van der Waals surface area contributed by atoms with Crippen LogP contribution < -0.4 is 0 Å². The summed E-state index contributed by atoms with van der Waals surface area (Å²) in [5.74, 6) is 1.40. The van der Waals surface area contributed by atoms with Gasteiger partial charge in [-0.05, 0) is 103 Å². The Morgan fingerprint density at radius 3 is 1.08 bits per heavy atom. The second kappa shape index (κ2) is 15.7. The van der Waals surface area contributed by atoms with Crippen LogP contribution >= 0.6 is 0 Å². The summed E-state index contributed by atoms with van der Waals surface area (Å²) in [7, 11) is 0. The fraction of sp³-hybridized carbons (Fsp3) is 0. The van der Waals surface area contributed by atoms with Crippen LogP contribution in [0.5, 0.6) is 0 Å². The van der Waals surface area contributed by atoms with E-state index in [2.05, 4.69) is 218 Å². The van der Waals surface area contributed by atoms with Crippen molar-refractivity contribution in [3.63, 3.8) is 0 Å². The minimum absolute atomic E-state index is 0.697. The minimum atomic E-state index is 0.697. The summed E-state index contributed by atoms with van der Waals surface area (Å²) in [4.78, 5) is 20.8. The Labute approximate surface area is 370 Å². The van der Waals surface area contributed by atoms with Crippen LogP contribution in [0.25, 0.3) is 122 Å². The number of nitrogens with zero attached hydrogens (tertiary/aromatic N) is 4. The summed E-state index contributed by atoms with van der Waals surface area (Å²) in [5.41, 5.74) is 14.6. The highest BCUT2D eigenvalue weighted by Crippen LogP contribution is 2.37. The Morgan fingerprint density at radius 2 is 0.562 bits per heavy atom. The highest BCUT2D eigenvalue weighted by Gasteiger charge is 2.16. The topological polar surface area (TPSA) is 51.6 Å². The molecule has 0 aliphatic rings. The van der Waals surface area contributed by atoms with Crippen molar-refractivity contribution in [1.29, 1.82) is 0 Å². The molecule has 0 amide bonds. The normalized spacial score (nSPS) is 11.4. The molecular formula is C60H38N4. The quantitative estimate of drug-likeness (QED) is 0.161. The van der Waals surface area contributed by atoms with E-state index in [4.69, 9.17) is 19.9 Å². The van der Waals surface area contributed by atoms with E-state index >= 15 is 0 Å². The summed E-state index contributed by atoms with van der Waals surface area (Å²) < 4.78 is 0. The molecule has 0 fully saturated rings. The fourth-order valence-electron chi connectivity index (χ4n) is 8.93. The molecule has 0 aliphatic carbocycles. The Bertz CT molecular complexity index is 3730. The molecule has 2 aromatic heterocycles. The Balaban J connectivity index is 0.914. The van der Waals surface area contributed by atoms with Crippen LogP contribution in [0.2, 0.25) is 0 Å². The van der Waals surface area contributed by atoms with Crippen molar-refractivity contribution >= 4 is 43.4 Å². The molecule has 0 radical (unpaired) electrons. The molecular weight excluding hydrogens is 777 g/mol. The van der Waals surface area contributed by atoms with E-state index in [0.717, 1.165) is 77.3 Å². The van der Waals surface area contributed by atoms with Gasteiger partial charge in [0.05, 0.1) is 22.4 Å². The molecule has 298 valence electrons. The van der Waals surface area contributed by atoms with Crippen molar-refractivity contribution < 1.29 is 0 Å². The van der Waals surface area contributed by atoms with Crippen molar-refractivity contribution in [1.82, 2.24) is 19.9 Å². The lowest BCUT2D eigenvalue weighted by Gasteiger charge is -2.13. The van der Waals surface area contributed by atoms with Crippen LogP contribution in [0.3, 0.4) is 0 Å². The van der Waals surface area contributed by atoms with Crippen LogP contribution in [-0.4, -0.2) is 19.9 Å². The van der Waals surface area contributed by atoms with Gasteiger partial charge in [0.25, 0.3) is 0 Å². The van der Waals surface area contributed by atoms with Crippen molar-refractivity contribution in [3.05, 3.63) is 231 Å². The third kappa shape index (κ3) is 6.94. The molecule has 12 aromatic rings. The van der Waals surface area contributed by atoms with Gasteiger partial charge in [0.1, 0.15) is 0 Å². The molecule has 0 atom stereocenters. The van der Waals surface area contributed by atoms with Gasteiger partial charge in [0.15, 0.2) is 11.6 Å². The maximum atomic E-state index is 5.31. The van der Waals surface area contributed by atoms with Crippen LogP contribution in [0, 0.1) is 0 Å². The number of fused-ring (bicyclic) bond motifs is 4. The zero-order valence-electron chi connectivity index (χ0n) is 34.7. The predicted molar refractivity (Wildman–Crippen MR) is 266 cm³/mol. The SMILES string of the molecule is c1ccc(-c2ccc3cc(-c4nc(-c5cccc(-c6cccc(-c7nc(-c8ccc9ccc(-c%10ccccc%10)cc9c8)nc8ccccc78)c6)c5)c5ccccc5n4)ccc3c2)cc1. The van der Waals surface area contributed by atoms with Gasteiger partial charge in [0, 0.05) is 33.0 Å². The first-order chi connectivity index (χ1) is 31.7. The molecule has 2 heterocycles. The highest BCUT2D eigenvalue weighted by molar-refractivity contribution is 5.98. The molecule has 0 unspecified atom stereocenters. The van der Waals surface area contributed by atoms with E-state index in [9.17, 15) is 0 Å². The number of hydrogen-bond donors (Lipinski definition) is 0. The predicted octanol–water partition coefficient (Wildman–Crippen LogP) is 15.5. The summed E-state index contributed by atoms with van der Waals surface area (Å²) >= 11 is 0. The Morgan fingerprint density at radius 1 is 0.203 bits per heavy atom. The lowest BCUT2D eigenvalue weighted by molar-refractivity contribution is 1.23. The van der Waals surface area contributed by atoms with E-state index in [1.165, 1.54) is 33.0 Å². The molecule has 0 saturated heterocycles. The molecule has 10 aromatic carbocycles. The average molecular weight is 815 g/mol. The minimum Gasteiger partial charge on any atom is -0.228 e. The van der Waals surface area contributed by atoms with Crippen LogP contribution in [0.1, 0.15) is 0 Å². The summed E-state index contributed by atoms with van der Waals surface area (Å²) in [6, 6.07) is 81.2. The van der Waals surface area contributed by atoms with Crippen molar-refractivity contribution in [3.8, 4) is 78.7 Å². The lowest BCUT2D eigenvalue weighted by Crippen LogP contribution is -1.96. The first kappa shape index (κ1) is 37.2. The molecule has 0 spiro atoms. The van der Waals surface area contributed by atoms with Gasteiger partial charge in [-0.15, -0.1) is 0 Å². The van der Waals surface area contributed by atoms with E-state index in [-0.39, 0.29) is 0 Å². The standard InChI is InChI=1S/C60H38N4/c1-3-13-39(14-4-1)44-28-29-47-36-50(32-30-46(47)33-44)59-61-55-23-9-7-21-53(55)57(63-59)48-19-11-17-42(34-48)43-18-12-20-49(35-43)58-54-22-8-10-24-56(54)62-60(64-58)51-31-26-41-25-27-45(37-52(41)38-51)40-15-5-2-6-16-40/h1-38H. The van der Waals surface area contributed by atoms with Crippen molar-refractivity contribution in [2.24, 2.45) is 0 Å². The van der Waals surface area contributed by atoms with E-state index in [1.807, 2.05) is 12.1 Å². The summed E-state index contributed by atoms with van der Waals surface area (Å²) in [5, 5.41) is 6.67. The van der Waals surface area contributed by atoms with Crippen LogP contribution in [0.15, 0.2) is 231 Å². The van der Waals surface area contributed by atoms with Gasteiger partial charge >= 0.3 is 0 Å². The van der Waals surface area contributed by atoms with Crippen LogP contribution in [0.4, 0.5) is 0 Å². The number of hydrogen-bond acceptors (Lipinski definition) is 4. The maximum absolute atomic E-state index is 5.31. The first-order valence-corrected chi connectivity index (χ1v) is 21.6. The zero-order valence-corrected chi connectivity index (χ0v) is 34.7. The zero-order chi connectivity index (χ0) is 42.4. The van der Waals surface area contributed by atoms with Gasteiger partial charge in [-0.2, -0.15) is 0 Å². The molecule has 4 nitrogen and oxygen atoms in total. The number of aromatic nitrogens is 4. The summed E-state index contributed by atoms with van der Waals surface area (Å²) in [6.45, 7) is 0. The van der Waals surface area contributed by atoms with Gasteiger partial charge < -0.3 is 0 Å². The Hall–Kier alpha value is -8.60. The van der Waals surface area contributed by atoms with E-state index < -0.39 is 0 Å². The molecule has 0 N–H and O–H groups in total. The molecule has 4 heteroatoms. The van der Waals surface area contributed by atoms with Gasteiger partial charge in [-0.3, -0.25) is 0 Å². The molecule has 12 rings (SSSR count). The first-order valence-electron chi connectivity index (χ1n) is 21.6. The third-order valence-corrected chi connectivity index (χ3v) is 12.2. The molecule has 0 bridgehead atoms. The second-order valence-electron chi connectivity index (χ2n) is 16.3. The monoisotopic (exact) mass is 814 g/mol. The third-order valence-electron chi connectivity index (χ3n) is 12.2. The van der Waals surface area contributed by atoms with Crippen molar-refractivity contribution in [2.75, 3.05) is 0 Å². The fourth-order valence-corrected chi connectivity index (χ4v) is 8.93. The van der Waals surface area contributed by atoms with Crippen molar-refractivity contribution in [2.45, 2.75) is 0 Å². The van der Waals surface area contributed by atoms with Gasteiger partial charge in [-0.25, -0.2) is 19.9 Å². The second-order valence-corrected chi connectivity index (χ2v) is 16.3. The number of benzene rings is 10. The lowest BCUT2D eigenvalue weighted by atomic mass is 9.96. The smallest absolute Gasteiger partial charge is 0.160 e. The maximum Gasteiger partial charge on any atom is 0.160 e. The molecule has 0 aliphatic heterocycles. The summed E-state index contributed by atoms with van der Waals surface area (Å²) in [6.07, 6.45) is 0. The average Bonchev–Trinajstić information content (AvgIpc) is 3.38. The van der Waals surface area contributed by atoms with Gasteiger partial charge in [0.2, 0.25) is 0 Å². The number of rotatable bonds is 7. The largest absolute Gasteiger partial charge is 0.228 e. The highest BCUT2D eigenvalue weighted by atomic mass is 14.9. The van der Waals surface area contributed by atoms with Gasteiger partial charge in [-0.1, -0.05) is 182 Å². The van der Waals surface area contributed by atoms with E-state index in [1.54, 1.807) is 0 Å². The Kier molecular flexibility index (Phi) is 9.12. The molecule has 64 heavy (non-hydrogen) atoms. The van der Waals surface area contributed by atoms with E-state index in [0.29, 0.717) is 11.6 Å².